The molecule has 8 aromatic carbocycles. The molecule has 0 unspecified atom stereocenters. The second kappa shape index (κ2) is 9.94. The van der Waals surface area contributed by atoms with Crippen LogP contribution in [0, 0.1) is 0 Å². The second-order valence-electron chi connectivity index (χ2n) is 14.9. The van der Waals surface area contributed by atoms with Gasteiger partial charge in [-0.25, -0.2) is 0 Å². The molecule has 0 heterocycles. The van der Waals surface area contributed by atoms with Crippen LogP contribution in [0.15, 0.2) is 152 Å². The maximum absolute atomic E-state index is 2.54. The van der Waals surface area contributed by atoms with Crippen LogP contribution in [-0.2, 0) is 10.8 Å². The zero-order valence-corrected chi connectivity index (χ0v) is 28.4. The first-order chi connectivity index (χ1) is 23.8. The molecule has 2 aliphatic carbocycles. The lowest BCUT2D eigenvalue weighted by molar-refractivity contribution is 0.660. The molecule has 0 aliphatic heterocycles. The van der Waals surface area contributed by atoms with Crippen LogP contribution in [0.4, 0.5) is 17.1 Å². The summed E-state index contributed by atoms with van der Waals surface area (Å²) in [7, 11) is 0. The van der Waals surface area contributed by atoms with Crippen LogP contribution in [0.3, 0.4) is 0 Å². The Bertz CT molecular complexity index is 2660. The Balaban J connectivity index is 1.31. The minimum atomic E-state index is -0.167. The highest BCUT2D eigenvalue weighted by atomic mass is 15.1. The maximum atomic E-state index is 2.54. The third kappa shape index (κ3) is 3.82. The molecule has 0 saturated heterocycles. The zero-order valence-electron chi connectivity index (χ0n) is 28.4. The van der Waals surface area contributed by atoms with Gasteiger partial charge in [-0.15, -0.1) is 0 Å². The smallest absolute Gasteiger partial charge is 0.0543 e. The third-order valence-corrected chi connectivity index (χ3v) is 11.6. The van der Waals surface area contributed by atoms with E-state index in [1.165, 1.54) is 88.2 Å². The van der Waals surface area contributed by atoms with Crippen molar-refractivity contribution in [3.05, 3.63) is 174 Å². The van der Waals surface area contributed by atoms with Crippen LogP contribution >= 0.6 is 0 Å². The van der Waals surface area contributed by atoms with Crippen LogP contribution in [-0.4, -0.2) is 0 Å². The van der Waals surface area contributed by atoms with Gasteiger partial charge in [0, 0.05) is 27.3 Å². The predicted molar refractivity (Wildman–Crippen MR) is 209 cm³/mol. The van der Waals surface area contributed by atoms with Crippen LogP contribution in [0.1, 0.15) is 49.9 Å². The van der Waals surface area contributed by atoms with Crippen molar-refractivity contribution in [2.45, 2.75) is 38.5 Å². The van der Waals surface area contributed by atoms with E-state index in [-0.39, 0.29) is 10.8 Å². The van der Waals surface area contributed by atoms with Crippen molar-refractivity contribution in [3.63, 3.8) is 0 Å². The number of hydrogen-bond donors (Lipinski definition) is 0. The fraction of sp³-hybridized carbons (Fsp3) is 0.125. The minimum Gasteiger partial charge on any atom is -0.309 e. The number of rotatable bonds is 3. The molecular formula is C48H37N. The fourth-order valence-corrected chi connectivity index (χ4v) is 9.13. The van der Waals surface area contributed by atoms with E-state index < -0.39 is 0 Å². The molecule has 0 saturated carbocycles. The normalized spacial score (nSPS) is 14.9. The summed E-state index contributed by atoms with van der Waals surface area (Å²) < 4.78 is 0. The number of nitrogens with zero attached hydrogens (tertiary/aromatic N) is 1. The summed E-state index contributed by atoms with van der Waals surface area (Å²) in [5, 5.41) is 7.71. The van der Waals surface area contributed by atoms with Gasteiger partial charge in [-0.1, -0.05) is 143 Å². The summed E-state index contributed by atoms with van der Waals surface area (Å²) in [5.74, 6) is 0. The number of hydrogen-bond acceptors (Lipinski definition) is 1. The van der Waals surface area contributed by atoms with Gasteiger partial charge in [0.1, 0.15) is 0 Å². The Labute approximate surface area is 288 Å². The van der Waals surface area contributed by atoms with E-state index in [0.717, 1.165) is 5.69 Å². The summed E-state index contributed by atoms with van der Waals surface area (Å²) in [4.78, 5) is 2.54. The predicted octanol–water partition coefficient (Wildman–Crippen LogP) is 13.2. The molecule has 2 aliphatic rings. The van der Waals surface area contributed by atoms with E-state index in [1.807, 2.05) is 0 Å². The average Bonchev–Trinajstić information content (AvgIpc) is 3.50. The molecule has 0 atom stereocenters. The summed E-state index contributed by atoms with van der Waals surface area (Å²) in [5.41, 5.74) is 14.3. The standard InChI is InChI=1S/C48H37N/c1-47(2)39-25-15-14-24-37(39)45-35-22-12-10-20-33(35)43(28-41(45)47)49(32-18-6-5-7-19-32)44-29-42-46(36-23-13-11-21-34(36)44)38-26-30-16-8-9-17-31(30)27-40(38)48(42,3)4/h5-29H,1-4H3. The summed E-state index contributed by atoms with van der Waals surface area (Å²) in [6, 6.07) is 56.7. The monoisotopic (exact) mass is 627 g/mol. The highest BCUT2D eigenvalue weighted by Crippen LogP contribution is 2.58. The van der Waals surface area contributed by atoms with Crippen molar-refractivity contribution in [2.75, 3.05) is 4.90 Å². The van der Waals surface area contributed by atoms with Gasteiger partial charge in [-0.05, 0) is 102 Å². The van der Waals surface area contributed by atoms with Gasteiger partial charge in [0.05, 0.1) is 11.4 Å². The van der Waals surface area contributed by atoms with Crippen LogP contribution in [0.25, 0.3) is 54.6 Å². The zero-order chi connectivity index (χ0) is 33.1. The molecule has 0 fully saturated rings. The van der Waals surface area contributed by atoms with Gasteiger partial charge in [-0.2, -0.15) is 0 Å². The Morgan fingerprint density at radius 1 is 0.367 bits per heavy atom. The molecule has 10 rings (SSSR count). The van der Waals surface area contributed by atoms with E-state index >= 15 is 0 Å². The maximum Gasteiger partial charge on any atom is 0.0543 e. The first-order valence-corrected chi connectivity index (χ1v) is 17.5. The van der Waals surface area contributed by atoms with E-state index in [9.17, 15) is 0 Å². The summed E-state index contributed by atoms with van der Waals surface area (Å²) >= 11 is 0. The molecule has 8 aromatic rings. The van der Waals surface area contributed by atoms with Crippen molar-refractivity contribution < 1.29 is 0 Å². The molecule has 1 nitrogen and oxygen atoms in total. The van der Waals surface area contributed by atoms with E-state index in [1.54, 1.807) is 0 Å². The van der Waals surface area contributed by atoms with Gasteiger partial charge in [0.25, 0.3) is 0 Å². The van der Waals surface area contributed by atoms with Crippen LogP contribution in [0.5, 0.6) is 0 Å². The molecule has 0 bridgehead atoms. The van der Waals surface area contributed by atoms with Crippen molar-refractivity contribution >= 4 is 49.4 Å². The Morgan fingerprint density at radius 3 is 1.47 bits per heavy atom. The summed E-state index contributed by atoms with van der Waals surface area (Å²) in [6.45, 7) is 9.58. The SMILES string of the molecule is CC1(C)c2ccccc2-c2c1cc(N(c1ccccc1)c1cc3c(c4ccccc14)-c1cc4ccccc4cc1C3(C)C)c1ccccc21. The van der Waals surface area contributed by atoms with Crippen molar-refractivity contribution in [3.8, 4) is 22.3 Å². The van der Waals surface area contributed by atoms with Crippen molar-refractivity contribution in [1.82, 2.24) is 0 Å². The third-order valence-electron chi connectivity index (χ3n) is 11.6. The Morgan fingerprint density at radius 2 is 0.837 bits per heavy atom. The number of fused-ring (bicyclic) bond motifs is 11. The molecule has 234 valence electrons. The molecule has 49 heavy (non-hydrogen) atoms. The topological polar surface area (TPSA) is 3.24 Å². The molecule has 0 radical (unpaired) electrons. The van der Waals surface area contributed by atoms with Gasteiger partial charge in [0.15, 0.2) is 0 Å². The molecule has 0 aromatic heterocycles. The molecule has 0 N–H and O–H groups in total. The Kier molecular flexibility index (Phi) is 5.75. The van der Waals surface area contributed by atoms with E-state index in [0.29, 0.717) is 0 Å². The lowest BCUT2D eigenvalue weighted by atomic mass is 9.80. The quantitative estimate of drug-likeness (QED) is 0.188. The van der Waals surface area contributed by atoms with Crippen molar-refractivity contribution in [1.29, 1.82) is 0 Å². The number of anilines is 3. The van der Waals surface area contributed by atoms with Gasteiger partial charge >= 0.3 is 0 Å². The van der Waals surface area contributed by atoms with E-state index in [2.05, 4.69) is 184 Å². The van der Waals surface area contributed by atoms with Crippen LogP contribution in [0.2, 0.25) is 0 Å². The average molecular weight is 628 g/mol. The molecule has 0 spiro atoms. The van der Waals surface area contributed by atoms with E-state index in [4.69, 9.17) is 0 Å². The lowest BCUT2D eigenvalue weighted by Gasteiger charge is -2.32. The molecule has 1 heteroatoms. The number of para-hydroxylation sites is 1. The minimum absolute atomic E-state index is 0.126. The Hall–Kier alpha value is -5.66. The summed E-state index contributed by atoms with van der Waals surface area (Å²) in [6.07, 6.45) is 0. The van der Waals surface area contributed by atoms with Gasteiger partial charge in [0.2, 0.25) is 0 Å². The molecule has 0 amide bonds. The first-order valence-electron chi connectivity index (χ1n) is 17.5. The number of benzene rings is 8. The highest BCUT2D eigenvalue weighted by molar-refractivity contribution is 6.15. The first kappa shape index (κ1) is 28.4. The fourth-order valence-electron chi connectivity index (χ4n) is 9.13. The van der Waals surface area contributed by atoms with Gasteiger partial charge in [-0.3, -0.25) is 0 Å². The molecular weight excluding hydrogens is 591 g/mol. The second-order valence-corrected chi connectivity index (χ2v) is 14.9. The lowest BCUT2D eigenvalue weighted by Crippen LogP contribution is -2.18. The van der Waals surface area contributed by atoms with Crippen molar-refractivity contribution in [2.24, 2.45) is 0 Å². The highest BCUT2D eigenvalue weighted by Gasteiger charge is 2.40. The van der Waals surface area contributed by atoms with Crippen LogP contribution < -0.4 is 4.90 Å². The van der Waals surface area contributed by atoms with Gasteiger partial charge < -0.3 is 4.90 Å². The largest absolute Gasteiger partial charge is 0.309 e.